The van der Waals surface area contributed by atoms with Crippen LogP contribution in [0.3, 0.4) is 0 Å². The van der Waals surface area contributed by atoms with Crippen LogP contribution in [-0.2, 0) is 57.4 Å². The first-order valence-electron chi connectivity index (χ1n) is 17.8. The van der Waals surface area contributed by atoms with Crippen LogP contribution in [0.1, 0.15) is 87.7 Å². The molecule has 1 amide bonds. The van der Waals surface area contributed by atoms with Gasteiger partial charge in [0.25, 0.3) is 36.3 Å². The number of allylic oxidation sites excluding steroid dienone is 4. The summed E-state index contributed by atoms with van der Waals surface area (Å²) in [4.78, 5) is 36.3. The standard InChI is InChI=1S/C36H48N4O13S3/c1-35(2)28-22-25(34(43)38(5)53-19-8-6-7-14-32(41)42)24-39(17-10-20-54(44,45)46)33(28)37-30(35)12-9-13-31-36(3,4)27-23-26(56(50,51)52)15-16-29(27)40(31)18-11-21-55(47,48)49/h9,12-13,15-16,22-24H,6-8,10-11,14,17-21H2,1-5H3,(H3-,41,42,44,45,46,47,48,49,50,51,52)/p+1. The Labute approximate surface area is 327 Å². The van der Waals surface area contributed by atoms with E-state index >= 15 is 0 Å². The lowest BCUT2D eigenvalue weighted by molar-refractivity contribution is -0.684. The van der Waals surface area contributed by atoms with Gasteiger partial charge in [-0.1, -0.05) is 26.3 Å². The lowest BCUT2D eigenvalue weighted by Gasteiger charge is -2.27. The normalized spacial score (nSPS) is 17.0. The fraction of sp³-hybridized carbons (Fsp3) is 0.500. The predicted octanol–water partition coefficient (Wildman–Crippen LogP) is 4.03. The van der Waals surface area contributed by atoms with Crippen LogP contribution in [0.4, 0.5) is 11.5 Å². The number of unbranched alkanes of at least 4 members (excludes halogenated alkanes) is 2. The number of pyridine rings is 1. The summed E-state index contributed by atoms with van der Waals surface area (Å²) in [5, 5.41) is 9.91. The van der Waals surface area contributed by atoms with E-state index in [1.54, 1.807) is 28.9 Å². The van der Waals surface area contributed by atoms with Gasteiger partial charge in [-0.2, -0.15) is 25.3 Å². The number of aromatic nitrogens is 1. The van der Waals surface area contributed by atoms with E-state index < -0.39 is 64.6 Å². The minimum absolute atomic E-state index is 0.0197. The molecular weight excluding hydrogens is 793 g/mol. The van der Waals surface area contributed by atoms with Gasteiger partial charge in [-0.05, 0) is 80.1 Å². The molecule has 2 aliphatic rings. The van der Waals surface area contributed by atoms with Gasteiger partial charge in [0.1, 0.15) is 6.20 Å². The van der Waals surface area contributed by atoms with Crippen molar-refractivity contribution in [2.24, 2.45) is 4.99 Å². The highest BCUT2D eigenvalue weighted by Crippen LogP contribution is 2.48. The number of hydrogen-bond donors (Lipinski definition) is 4. The van der Waals surface area contributed by atoms with Crippen molar-refractivity contribution in [2.75, 3.05) is 36.6 Å². The van der Waals surface area contributed by atoms with E-state index in [1.165, 1.54) is 31.4 Å². The Morgan fingerprint density at radius 2 is 1.55 bits per heavy atom. The highest BCUT2D eigenvalue weighted by Gasteiger charge is 2.44. The molecule has 2 aliphatic heterocycles. The summed E-state index contributed by atoms with van der Waals surface area (Å²) in [6.45, 7) is 7.93. The Morgan fingerprint density at radius 3 is 2.18 bits per heavy atom. The number of hydroxylamine groups is 2. The number of aliphatic imine (C=N–C) groups is 1. The molecule has 2 aromatic rings. The number of carbonyl (C=O) groups is 2. The number of carboxylic acid groups (broad SMARTS) is 1. The predicted molar refractivity (Wildman–Crippen MR) is 207 cm³/mol. The summed E-state index contributed by atoms with van der Waals surface area (Å²) in [5.74, 6) is -1.92. The molecule has 0 bridgehead atoms. The first kappa shape index (κ1) is 44.7. The number of anilines is 1. The maximum absolute atomic E-state index is 13.6. The Kier molecular flexibility index (Phi) is 13.7. The van der Waals surface area contributed by atoms with Crippen molar-refractivity contribution in [3.05, 3.63) is 71.1 Å². The number of nitrogens with zero attached hydrogens (tertiary/aromatic N) is 4. The third-order valence-electron chi connectivity index (χ3n) is 9.76. The third-order valence-corrected chi connectivity index (χ3v) is 12.2. The van der Waals surface area contributed by atoms with Crippen LogP contribution in [0, 0.1) is 0 Å². The number of amides is 1. The molecule has 1 aromatic carbocycles. The number of aryl methyl sites for hydroxylation is 1. The highest BCUT2D eigenvalue weighted by molar-refractivity contribution is 7.86. The van der Waals surface area contributed by atoms with E-state index in [1.807, 2.05) is 32.6 Å². The molecule has 0 radical (unpaired) electrons. The summed E-state index contributed by atoms with van der Waals surface area (Å²) in [6, 6.07) is 5.85. The number of carbonyl (C=O) groups excluding carboxylic acids is 1. The number of rotatable bonds is 19. The van der Waals surface area contributed by atoms with E-state index in [-0.39, 0.29) is 49.4 Å². The molecular formula is C36H49N4O13S3+. The van der Waals surface area contributed by atoms with Crippen molar-refractivity contribution >= 4 is 59.4 Å². The van der Waals surface area contributed by atoms with Crippen molar-refractivity contribution in [2.45, 2.75) is 88.5 Å². The molecule has 0 saturated heterocycles. The van der Waals surface area contributed by atoms with Crippen molar-refractivity contribution in [3.63, 3.8) is 0 Å². The second kappa shape index (κ2) is 17.2. The van der Waals surface area contributed by atoms with E-state index in [9.17, 15) is 48.5 Å². The van der Waals surface area contributed by atoms with Gasteiger partial charge in [-0.3, -0.25) is 28.1 Å². The summed E-state index contributed by atoms with van der Waals surface area (Å²) >= 11 is 0. The van der Waals surface area contributed by atoms with Crippen LogP contribution in [0.15, 0.2) is 64.3 Å². The van der Waals surface area contributed by atoms with E-state index in [4.69, 9.17) is 14.9 Å². The molecule has 20 heteroatoms. The van der Waals surface area contributed by atoms with Crippen LogP contribution in [-0.4, -0.2) is 98.4 Å². The van der Waals surface area contributed by atoms with Crippen LogP contribution >= 0.6 is 0 Å². The number of benzene rings is 1. The number of fused-ring (bicyclic) bond motifs is 2. The zero-order valence-corrected chi connectivity index (χ0v) is 34.3. The largest absolute Gasteiger partial charge is 0.481 e. The first-order valence-corrected chi connectivity index (χ1v) is 22.5. The van der Waals surface area contributed by atoms with Gasteiger partial charge in [-0.15, -0.1) is 0 Å². The SMILES string of the molecule is CN(OCCCCCC(=O)O)C(=O)c1cc2c([n+](CCCS(=O)(=O)O)c1)N=C(/C=C/C=C1/N(CCCS(=O)(=O)O)c3ccc(S(=O)(=O)O)cc3C1(C)C)C2(C)C. The van der Waals surface area contributed by atoms with E-state index in [0.29, 0.717) is 53.3 Å². The van der Waals surface area contributed by atoms with Crippen LogP contribution in [0.2, 0.25) is 0 Å². The molecule has 0 saturated carbocycles. The Balaban J connectivity index is 1.67. The molecule has 4 rings (SSSR count). The number of aliphatic carboxylic acids is 1. The van der Waals surface area contributed by atoms with E-state index in [2.05, 4.69) is 0 Å². The van der Waals surface area contributed by atoms with Gasteiger partial charge < -0.3 is 10.0 Å². The molecule has 1 aromatic heterocycles. The zero-order valence-electron chi connectivity index (χ0n) is 31.9. The molecule has 0 fully saturated rings. The molecule has 3 heterocycles. The Bertz CT molecular complexity index is 2280. The fourth-order valence-electron chi connectivity index (χ4n) is 6.76. The summed E-state index contributed by atoms with van der Waals surface area (Å²) in [5.41, 5.74) is 1.67. The average Bonchev–Trinajstić information content (AvgIpc) is 3.45. The van der Waals surface area contributed by atoms with Crippen molar-refractivity contribution < 1.29 is 63.0 Å². The molecule has 0 aliphatic carbocycles. The Morgan fingerprint density at radius 1 is 0.893 bits per heavy atom. The first-order chi connectivity index (χ1) is 25.8. The number of hydrogen-bond acceptors (Lipinski definition) is 11. The molecule has 0 atom stereocenters. The van der Waals surface area contributed by atoms with Crippen molar-refractivity contribution in [1.82, 2.24) is 5.06 Å². The lowest BCUT2D eigenvalue weighted by Crippen LogP contribution is -2.39. The maximum Gasteiger partial charge on any atom is 0.327 e. The zero-order chi connectivity index (χ0) is 41.9. The molecule has 56 heavy (non-hydrogen) atoms. The Hall–Kier alpha value is -4.05. The molecule has 0 spiro atoms. The average molecular weight is 842 g/mol. The quantitative estimate of drug-likeness (QED) is 0.0675. The van der Waals surface area contributed by atoms with Gasteiger partial charge in [0.05, 0.1) is 46.1 Å². The topological polar surface area (TPSA) is 249 Å². The summed E-state index contributed by atoms with van der Waals surface area (Å²) in [6.07, 6.45) is 8.55. The minimum Gasteiger partial charge on any atom is -0.481 e. The van der Waals surface area contributed by atoms with Gasteiger partial charge >= 0.3 is 11.8 Å². The maximum atomic E-state index is 13.6. The minimum atomic E-state index is -4.52. The summed E-state index contributed by atoms with van der Waals surface area (Å²) < 4.78 is 100. The smallest absolute Gasteiger partial charge is 0.327 e. The van der Waals surface area contributed by atoms with Gasteiger partial charge in [-0.25, -0.2) is 9.63 Å². The lowest BCUT2D eigenvalue weighted by atomic mass is 9.81. The van der Waals surface area contributed by atoms with Gasteiger partial charge in [0.2, 0.25) is 0 Å². The fourth-order valence-corrected chi connectivity index (χ4v) is 8.25. The number of carboxylic acids is 1. The molecule has 0 unspecified atom stereocenters. The van der Waals surface area contributed by atoms with Gasteiger partial charge in [0.15, 0.2) is 5.71 Å². The van der Waals surface area contributed by atoms with Crippen molar-refractivity contribution in [1.29, 1.82) is 0 Å². The van der Waals surface area contributed by atoms with Crippen LogP contribution in [0.25, 0.3) is 0 Å². The monoisotopic (exact) mass is 841 g/mol. The van der Waals surface area contributed by atoms with Gasteiger partial charge in [0, 0.05) is 43.2 Å². The second-order valence-electron chi connectivity index (χ2n) is 14.7. The second-order valence-corrected chi connectivity index (χ2v) is 19.3. The molecule has 17 nitrogen and oxygen atoms in total. The molecule has 4 N–H and O–H groups in total. The highest BCUT2D eigenvalue weighted by atomic mass is 32.2. The molecule has 308 valence electrons. The van der Waals surface area contributed by atoms with Crippen LogP contribution in [0.5, 0.6) is 0 Å². The summed E-state index contributed by atoms with van der Waals surface area (Å²) in [7, 11) is -11.6. The van der Waals surface area contributed by atoms with Crippen molar-refractivity contribution in [3.8, 4) is 0 Å². The van der Waals surface area contributed by atoms with E-state index in [0.717, 1.165) is 5.06 Å². The third kappa shape index (κ3) is 11.1. The van der Waals surface area contributed by atoms with Crippen LogP contribution < -0.4 is 9.47 Å².